The molecule has 0 spiro atoms. The van der Waals surface area contributed by atoms with Crippen molar-refractivity contribution in [2.75, 3.05) is 10.6 Å². The van der Waals surface area contributed by atoms with Crippen LogP contribution in [0.3, 0.4) is 0 Å². The zero-order valence-corrected chi connectivity index (χ0v) is 10.4. The third-order valence-corrected chi connectivity index (χ3v) is 2.79. The summed E-state index contributed by atoms with van der Waals surface area (Å²) in [4.78, 5) is 7.97. The van der Waals surface area contributed by atoms with Crippen molar-refractivity contribution in [1.82, 2.24) is 9.97 Å². The summed E-state index contributed by atoms with van der Waals surface area (Å²) < 4.78 is 0. The van der Waals surface area contributed by atoms with Crippen molar-refractivity contribution in [2.45, 2.75) is 6.92 Å². The molecular formula is C12H10ClN5. The summed E-state index contributed by atoms with van der Waals surface area (Å²) in [7, 11) is 0. The van der Waals surface area contributed by atoms with Crippen LogP contribution in [0.2, 0.25) is 5.02 Å². The van der Waals surface area contributed by atoms with E-state index in [0.717, 1.165) is 11.3 Å². The third-order valence-electron chi connectivity index (χ3n) is 2.38. The van der Waals surface area contributed by atoms with E-state index in [1.54, 1.807) is 12.3 Å². The Balaban J connectivity index is 2.26. The lowest BCUT2D eigenvalue weighted by Gasteiger charge is -2.10. The Kier molecular flexibility index (Phi) is 3.60. The lowest BCUT2D eigenvalue weighted by molar-refractivity contribution is 1.16. The van der Waals surface area contributed by atoms with Crippen LogP contribution in [0.4, 0.5) is 17.3 Å². The second-order valence-electron chi connectivity index (χ2n) is 3.56. The zero-order valence-electron chi connectivity index (χ0n) is 9.61. The number of nitrogens with zero attached hydrogens (tertiary/aromatic N) is 3. The summed E-state index contributed by atoms with van der Waals surface area (Å²) in [5.74, 6) is 1.03. The molecule has 1 aromatic heterocycles. The number of aromatic nitrogens is 2. The minimum atomic E-state index is 0.440. The molecule has 0 fully saturated rings. The zero-order chi connectivity index (χ0) is 13.0. The van der Waals surface area contributed by atoms with Crippen LogP contribution in [0.15, 0.2) is 30.6 Å². The first-order valence-corrected chi connectivity index (χ1v) is 5.58. The molecule has 0 saturated carbocycles. The van der Waals surface area contributed by atoms with Gasteiger partial charge in [-0.1, -0.05) is 17.7 Å². The molecule has 18 heavy (non-hydrogen) atoms. The Bertz CT molecular complexity index is 606. The molecule has 1 aromatic carbocycles. The van der Waals surface area contributed by atoms with E-state index in [4.69, 9.17) is 16.9 Å². The van der Waals surface area contributed by atoms with Crippen LogP contribution in [0.5, 0.6) is 0 Å². The molecule has 0 aliphatic rings. The fourth-order valence-corrected chi connectivity index (χ4v) is 1.61. The van der Waals surface area contributed by atoms with Gasteiger partial charge in [0.1, 0.15) is 18.0 Å². The van der Waals surface area contributed by atoms with E-state index in [0.29, 0.717) is 16.7 Å². The Morgan fingerprint density at radius 2 is 2.06 bits per heavy atom. The van der Waals surface area contributed by atoms with Gasteiger partial charge >= 0.3 is 0 Å². The van der Waals surface area contributed by atoms with E-state index >= 15 is 0 Å². The largest absolute Gasteiger partial charge is 0.340 e. The first-order chi connectivity index (χ1) is 8.70. The van der Waals surface area contributed by atoms with Crippen LogP contribution in [-0.4, -0.2) is 9.97 Å². The highest BCUT2D eigenvalue weighted by atomic mass is 35.5. The van der Waals surface area contributed by atoms with Gasteiger partial charge in [0, 0.05) is 16.8 Å². The Labute approximate surface area is 109 Å². The van der Waals surface area contributed by atoms with Crippen LogP contribution in [0.1, 0.15) is 5.56 Å². The summed E-state index contributed by atoms with van der Waals surface area (Å²) in [6.45, 7) is 1.92. The molecular weight excluding hydrogens is 250 g/mol. The number of anilines is 3. The number of nitrogens with one attached hydrogen (secondary N) is 2. The molecule has 0 bridgehead atoms. The molecule has 2 rings (SSSR count). The van der Waals surface area contributed by atoms with Crippen molar-refractivity contribution < 1.29 is 0 Å². The molecule has 2 N–H and O–H groups in total. The lowest BCUT2D eigenvalue weighted by atomic mass is 10.2. The van der Waals surface area contributed by atoms with Gasteiger partial charge in [0.2, 0.25) is 0 Å². The van der Waals surface area contributed by atoms with E-state index in [-0.39, 0.29) is 0 Å². The summed E-state index contributed by atoms with van der Waals surface area (Å²) >= 11 is 6.03. The SMILES string of the molecule is Cc1c(Cl)cccc1Nc1cc(NC#N)ncn1. The summed E-state index contributed by atoms with van der Waals surface area (Å²) in [6, 6.07) is 7.22. The van der Waals surface area contributed by atoms with E-state index < -0.39 is 0 Å². The molecule has 2 aromatic rings. The Morgan fingerprint density at radius 3 is 2.83 bits per heavy atom. The number of nitriles is 1. The van der Waals surface area contributed by atoms with Crippen LogP contribution < -0.4 is 10.6 Å². The first kappa shape index (κ1) is 12.1. The third kappa shape index (κ3) is 2.67. The average molecular weight is 260 g/mol. The number of rotatable bonds is 3. The number of hydrogen-bond donors (Lipinski definition) is 2. The van der Waals surface area contributed by atoms with E-state index in [9.17, 15) is 0 Å². The fraction of sp³-hybridized carbons (Fsp3) is 0.0833. The molecule has 6 heteroatoms. The summed E-state index contributed by atoms with van der Waals surface area (Å²) in [5, 5.41) is 14.8. The highest BCUT2D eigenvalue weighted by molar-refractivity contribution is 6.31. The van der Waals surface area contributed by atoms with Crippen molar-refractivity contribution in [2.24, 2.45) is 0 Å². The van der Waals surface area contributed by atoms with Crippen molar-refractivity contribution in [3.63, 3.8) is 0 Å². The van der Waals surface area contributed by atoms with Crippen molar-refractivity contribution in [3.8, 4) is 6.19 Å². The number of benzene rings is 1. The molecule has 1 heterocycles. The monoisotopic (exact) mass is 259 g/mol. The predicted molar refractivity (Wildman–Crippen MR) is 70.7 cm³/mol. The smallest absolute Gasteiger partial charge is 0.182 e. The predicted octanol–water partition coefficient (Wildman–Crippen LogP) is 3.08. The van der Waals surface area contributed by atoms with Gasteiger partial charge in [0.15, 0.2) is 6.19 Å². The van der Waals surface area contributed by atoms with Gasteiger partial charge in [0.05, 0.1) is 0 Å². The number of hydrogen-bond acceptors (Lipinski definition) is 5. The summed E-state index contributed by atoms with van der Waals surface area (Å²) in [6.07, 6.45) is 3.18. The lowest BCUT2D eigenvalue weighted by Crippen LogP contribution is -1.99. The van der Waals surface area contributed by atoms with Gasteiger partial charge in [0.25, 0.3) is 0 Å². The van der Waals surface area contributed by atoms with Gasteiger partial charge in [-0.25, -0.2) is 9.97 Å². The Morgan fingerprint density at radius 1 is 1.28 bits per heavy atom. The van der Waals surface area contributed by atoms with E-state index in [1.165, 1.54) is 6.33 Å². The van der Waals surface area contributed by atoms with Crippen molar-refractivity contribution in [1.29, 1.82) is 5.26 Å². The van der Waals surface area contributed by atoms with Crippen LogP contribution in [0.25, 0.3) is 0 Å². The standard InChI is InChI=1S/C12H10ClN5/c1-8-9(13)3-2-4-10(8)18-12-5-11(15-6-14)16-7-17-12/h2-5,7H,1H3,(H2,15,16,17,18). The molecule has 0 aliphatic heterocycles. The highest BCUT2D eigenvalue weighted by Gasteiger charge is 2.04. The minimum absolute atomic E-state index is 0.440. The highest BCUT2D eigenvalue weighted by Crippen LogP contribution is 2.25. The van der Waals surface area contributed by atoms with Gasteiger partial charge in [-0.05, 0) is 24.6 Å². The van der Waals surface area contributed by atoms with Gasteiger partial charge < -0.3 is 5.32 Å². The fourth-order valence-electron chi connectivity index (χ4n) is 1.43. The molecule has 5 nitrogen and oxygen atoms in total. The van der Waals surface area contributed by atoms with Gasteiger partial charge in [-0.2, -0.15) is 5.26 Å². The van der Waals surface area contributed by atoms with Crippen LogP contribution in [-0.2, 0) is 0 Å². The van der Waals surface area contributed by atoms with Crippen molar-refractivity contribution in [3.05, 3.63) is 41.2 Å². The maximum absolute atomic E-state index is 8.52. The second-order valence-corrected chi connectivity index (χ2v) is 3.97. The Hall–Kier alpha value is -2.32. The molecule has 0 saturated heterocycles. The molecule has 0 amide bonds. The van der Waals surface area contributed by atoms with E-state index in [2.05, 4.69) is 20.6 Å². The minimum Gasteiger partial charge on any atom is -0.340 e. The average Bonchev–Trinajstić information content (AvgIpc) is 2.36. The maximum atomic E-state index is 8.52. The molecule has 90 valence electrons. The quantitative estimate of drug-likeness (QED) is 0.655. The van der Waals surface area contributed by atoms with Crippen LogP contribution >= 0.6 is 11.6 Å². The summed E-state index contributed by atoms with van der Waals surface area (Å²) in [5.41, 5.74) is 1.80. The molecule has 0 atom stereocenters. The van der Waals surface area contributed by atoms with Crippen LogP contribution in [0, 0.1) is 18.4 Å². The number of halogens is 1. The normalized spacial score (nSPS) is 9.61. The van der Waals surface area contributed by atoms with Gasteiger partial charge in [-0.3, -0.25) is 5.32 Å². The topological polar surface area (TPSA) is 73.6 Å². The molecule has 0 unspecified atom stereocenters. The second kappa shape index (κ2) is 5.34. The molecule has 0 radical (unpaired) electrons. The van der Waals surface area contributed by atoms with Gasteiger partial charge in [-0.15, -0.1) is 0 Å². The maximum Gasteiger partial charge on any atom is 0.182 e. The van der Waals surface area contributed by atoms with E-state index in [1.807, 2.05) is 25.1 Å². The molecule has 0 aliphatic carbocycles. The van der Waals surface area contributed by atoms with Crippen molar-refractivity contribution >= 4 is 28.9 Å². The first-order valence-electron chi connectivity index (χ1n) is 5.20.